The normalized spacial score (nSPS) is 28.9. The Morgan fingerprint density at radius 2 is 1.83 bits per heavy atom. The van der Waals surface area contributed by atoms with Gasteiger partial charge in [-0.15, -0.1) is 5.10 Å². The molecule has 2 aliphatic rings. The topological polar surface area (TPSA) is 114 Å². The molecule has 2 aromatic heterocycles. The first kappa shape index (κ1) is 31.1. The minimum atomic E-state index is -2.93. The van der Waals surface area contributed by atoms with Crippen molar-refractivity contribution in [2.75, 3.05) is 19.5 Å². The van der Waals surface area contributed by atoms with E-state index in [2.05, 4.69) is 15.3 Å². The van der Waals surface area contributed by atoms with Gasteiger partial charge in [-0.1, -0.05) is 16.8 Å². The third-order valence-electron chi connectivity index (χ3n) is 8.26. The van der Waals surface area contributed by atoms with E-state index in [1.807, 2.05) is 0 Å². The number of pyridine rings is 1. The first-order chi connectivity index (χ1) is 19.9. The Labute approximate surface area is 245 Å². The van der Waals surface area contributed by atoms with Crippen LogP contribution in [-0.4, -0.2) is 83.7 Å². The van der Waals surface area contributed by atoms with Crippen LogP contribution >= 0.6 is 22.5 Å². The second-order valence-corrected chi connectivity index (χ2v) is 13.8. The molecule has 3 aromatic rings. The lowest BCUT2D eigenvalue weighted by molar-refractivity contribution is -0.105. The van der Waals surface area contributed by atoms with Gasteiger partial charge in [0.05, 0.1) is 46.6 Å². The van der Waals surface area contributed by atoms with Gasteiger partial charge in [-0.05, 0) is 37.1 Å². The van der Waals surface area contributed by atoms with Crippen molar-refractivity contribution in [2.24, 2.45) is 0 Å². The third-order valence-corrected chi connectivity index (χ3v) is 12.1. The molecule has 1 saturated carbocycles. The lowest BCUT2D eigenvalue weighted by atomic mass is 9.79. The number of aliphatic hydroxyl groups excluding tert-OH is 2. The van der Waals surface area contributed by atoms with Crippen molar-refractivity contribution in [3.8, 4) is 11.3 Å². The van der Waals surface area contributed by atoms with Crippen LogP contribution in [0.4, 0.5) is 22.0 Å². The predicted octanol–water partition coefficient (Wildman–Crippen LogP) is 4.39. The molecule has 5 rings (SSSR count). The molecule has 42 heavy (non-hydrogen) atoms. The molecule has 2 fully saturated rings. The Balaban J connectivity index is 1.52. The van der Waals surface area contributed by atoms with Crippen molar-refractivity contribution in [2.45, 2.75) is 66.0 Å². The molecule has 0 spiro atoms. The lowest BCUT2D eigenvalue weighted by Crippen LogP contribution is -2.54. The minimum Gasteiger partial charge on any atom is -0.395 e. The van der Waals surface area contributed by atoms with Crippen LogP contribution in [0.1, 0.15) is 42.7 Å². The Morgan fingerprint density at radius 3 is 2.43 bits per heavy atom. The fourth-order valence-corrected chi connectivity index (χ4v) is 10.2. The quantitative estimate of drug-likeness (QED) is 0.173. The number of methoxy groups -OCH3 is 1. The Hall–Kier alpha value is -2.36. The van der Waals surface area contributed by atoms with Gasteiger partial charge in [0.2, 0.25) is 5.92 Å². The van der Waals surface area contributed by atoms with Gasteiger partial charge in [0.15, 0.2) is 17.5 Å². The first-order valence-corrected chi connectivity index (χ1v) is 15.3. The number of alkyl halides is 2. The van der Waals surface area contributed by atoms with E-state index in [9.17, 15) is 37.3 Å². The summed E-state index contributed by atoms with van der Waals surface area (Å²) in [6, 6.07) is 3.78. The van der Waals surface area contributed by atoms with Crippen molar-refractivity contribution >= 4 is 22.5 Å². The van der Waals surface area contributed by atoms with Gasteiger partial charge in [0, 0.05) is 42.7 Å². The van der Waals surface area contributed by atoms with E-state index < -0.39 is 88.1 Å². The van der Waals surface area contributed by atoms with Crippen LogP contribution in [0.3, 0.4) is 0 Å². The highest BCUT2D eigenvalue weighted by atomic mass is 35.5. The summed E-state index contributed by atoms with van der Waals surface area (Å²) < 4.78 is 76.5. The highest BCUT2D eigenvalue weighted by Gasteiger charge is 2.54. The zero-order valence-electron chi connectivity index (χ0n) is 22.3. The fraction of sp³-hybridized carbons (Fsp3) is 0.519. The fourth-order valence-electron chi connectivity index (χ4n) is 6.05. The summed E-state index contributed by atoms with van der Waals surface area (Å²) in [5, 5.41) is 40.5. The second-order valence-electron chi connectivity index (χ2n) is 10.8. The smallest absolute Gasteiger partial charge is 0.248 e. The Morgan fingerprint density at radius 1 is 1.17 bits per heavy atom. The van der Waals surface area contributed by atoms with E-state index in [-0.39, 0.29) is 34.9 Å². The minimum absolute atomic E-state index is 0.00109. The highest BCUT2D eigenvalue weighted by Crippen LogP contribution is 2.61. The van der Waals surface area contributed by atoms with E-state index in [1.54, 1.807) is 12.1 Å². The van der Waals surface area contributed by atoms with E-state index in [4.69, 9.17) is 16.3 Å². The first-order valence-electron chi connectivity index (χ1n) is 13.2. The average molecular weight is 637 g/mol. The van der Waals surface area contributed by atoms with E-state index in [0.29, 0.717) is 5.69 Å². The summed E-state index contributed by atoms with van der Waals surface area (Å²) in [5.74, 6) is -7.18. The van der Waals surface area contributed by atoms with Crippen molar-refractivity contribution in [3.63, 3.8) is 0 Å². The van der Waals surface area contributed by atoms with Crippen LogP contribution in [0, 0.1) is 17.5 Å². The molecule has 8 nitrogen and oxygen atoms in total. The summed E-state index contributed by atoms with van der Waals surface area (Å²) >= 11 is 6.52. The van der Waals surface area contributed by atoms with Gasteiger partial charge in [-0.25, -0.2) is 37.5 Å². The molecule has 1 saturated heterocycles. The number of hydrogen-bond donors (Lipinski definition) is 4. The molecule has 1 aliphatic carbocycles. The van der Waals surface area contributed by atoms with Crippen LogP contribution in [0.15, 0.2) is 36.7 Å². The average Bonchev–Trinajstić information content (AvgIpc) is 3.44. The maximum absolute atomic E-state index is 14.2. The van der Waals surface area contributed by atoms with Crippen LogP contribution in [0.25, 0.3) is 11.3 Å². The summed E-state index contributed by atoms with van der Waals surface area (Å²) in [5.41, 5.74) is -1.43. The number of ether oxygens (including phenoxy) is 1. The SMILES string of the molecule is CO[C@H]1C[SH](C(c2ncccc2Cl)C2(O)CCC(F)(F)CC2)[C@H](CO)[C@H](O)[C@@H]1n1cc(-c2cc(F)c(F)c(F)c2)nn1. The predicted molar refractivity (Wildman–Crippen MR) is 146 cm³/mol. The summed E-state index contributed by atoms with van der Waals surface area (Å²) in [6.07, 6.45) is -0.860. The molecule has 0 bridgehead atoms. The van der Waals surface area contributed by atoms with Crippen LogP contribution in [0.5, 0.6) is 0 Å². The molecular weight excluding hydrogens is 607 g/mol. The van der Waals surface area contributed by atoms with Crippen molar-refractivity contribution in [1.82, 2.24) is 20.0 Å². The number of rotatable bonds is 7. The Kier molecular flexibility index (Phi) is 8.85. The lowest BCUT2D eigenvalue weighted by Gasteiger charge is -2.53. The molecule has 3 heterocycles. The number of thiol groups is 1. The molecule has 15 heteroatoms. The monoisotopic (exact) mass is 636 g/mol. The van der Waals surface area contributed by atoms with Gasteiger partial charge in [0.1, 0.15) is 11.7 Å². The molecule has 1 aromatic carbocycles. The van der Waals surface area contributed by atoms with E-state index >= 15 is 0 Å². The van der Waals surface area contributed by atoms with E-state index in [1.165, 1.54) is 24.2 Å². The van der Waals surface area contributed by atoms with Gasteiger partial charge in [0.25, 0.3) is 0 Å². The standard InChI is InChI=1S/C27H30ClF5N4O4S/c1-41-19-13-42(25(22-15(28)3-2-8-34-22)26(40)4-6-27(32,33)7-5-26)20(12-38)24(39)23(19)37-11-18(35-36-37)14-9-16(29)21(31)17(30)10-14/h2-3,8-11,19-20,23-25,38-40,42H,4-7,12-13H2,1H3/t19-,20+,23+,24-,25?/m0/s1. The van der Waals surface area contributed by atoms with Gasteiger partial charge in [-0.2, -0.15) is 0 Å². The molecule has 0 radical (unpaired) electrons. The maximum Gasteiger partial charge on any atom is 0.248 e. The second kappa shape index (κ2) is 12.0. The van der Waals surface area contributed by atoms with Crippen molar-refractivity contribution in [1.29, 1.82) is 0 Å². The van der Waals surface area contributed by atoms with Gasteiger partial charge in [-0.3, -0.25) is 4.98 Å². The molecule has 6 atom stereocenters. The van der Waals surface area contributed by atoms with Crippen molar-refractivity contribution in [3.05, 3.63) is 64.8 Å². The molecule has 3 N–H and O–H groups in total. The zero-order valence-corrected chi connectivity index (χ0v) is 24.0. The number of benzene rings is 1. The van der Waals surface area contributed by atoms with Gasteiger partial charge < -0.3 is 20.1 Å². The van der Waals surface area contributed by atoms with E-state index in [0.717, 1.165) is 12.1 Å². The molecule has 230 valence electrons. The largest absolute Gasteiger partial charge is 0.395 e. The highest BCUT2D eigenvalue weighted by molar-refractivity contribution is 8.18. The molecule has 0 amide bonds. The van der Waals surface area contributed by atoms with Crippen molar-refractivity contribution < 1.29 is 42.0 Å². The van der Waals surface area contributed by atoms with Crippen LogP contribution in [0.2, 0.25) is 5.02 Å². The number of nitrogens with zero attached hydrogens (tertiary/aromatic N) is 4. The number of aliphatic hydroxyl groups is 3. The van der Waals surface area contributed by atoms with Gasteiger partial charge >= 0.3 is 0 Å². The summed E-state index contributed by atoms with van der Waals surface area (Å²) in [7, 11) is -0.212. The molecular formula is C27H30ClF5N4O4S. The van der Waals surface area contributed by atoms with Crippen LogP contribution in [-0.2, 0) is 4.74 Å². The number of aromatic nitrogens is 4. The third kappa shape index (κ3) is 5.76. The number of hydrogen-bond acceptors (Lipinski definition) is 7. The zero-order chi connectivity index (χ0) is 30.4. The number of halogens is 6. The maximum atomic E-state index is 14.2. The van der Waals surface area contributed by atoms with Crippen LogP contribution < -0.4 is 0 Å². The Bertz CT molecular complexity index is 1400. The molecule has 1 aliphatic heterocycles. The summed E-state index contributed by atoms with van der Waals surface area (Å²) in [6.45, 7) is -0.525. The molecule has 2 unspecified atom stereocenters. The summed E-state index contributed by atoms with van der Waals surface area (Å²) in [4.78, 5) is 4.41.